The van der Waals surface area contributed by atoms with Crippen molar-refractivity contribution in [1.29, 1.82) is 0 Å². The van der Waals surface area contributed by atoms with E-state index in [9.17, 15) is 14.7 Å². The van der Waals surface area contributed by atoms with Crippen molar-refractivity contribution in [2.45, 2.75) is 77.5 Å². The van der Waals surface area contributed by atoms with Gasteiger partial charge in [-0.3, -0.25) is 14.4 Å². The summed E-state index contributed by atoms with van der Waals surface area (Å²) in [6.45, 7) is 8.23. The number of rotatable bonds is 4. The lowest BCUT2D eigenvalue weighted by atomic mass is 9.86. The van der Waals surface area contributed by atoms with E-state index in [4.69, 9.17) is 4.98 Å². The fraction of sp³-hybridized carbons (Fsp3) is 0.565. The summed E-state index contributed by atoms with van der Waals surface area (Å²) in [7, 11) is 1.83. The number of nitrogens with one attached hydrogen (secondary N) is 2. The Morgan fingerprint density at radius 3 is 2.66 bits per heavy atom. The molecule has 1 aliphatic heterocycles. The first kappa shape index (κ1) is 22.1. The third-order valence-electron chi connectivity index (χ3n) is 6.51. The number of aryl methyl sites for hydroxylation is 1. The van der Waals surface area contributed by atoms with Crippen molar-refractivity contribution in [1.82, 2.24) is 25.0 Å². The number of hydrogen-bond acceptors (Lipinski definition) is 5. The molecule has 2 unspecified atom stereocenters. The van der Waals surface area contributed by atoms with E-state index in [2.05, 4.69) is 15.7 Å². The van der Waals surface area contributed by atoms with Gasteiger partial charge in [0, 0.05) is 36.9 Å². The molecule has 0 spiro atoms. The fourth-order valence-electron chi connectivity index (χ4n) is 5.03. The van der Waals surface area contributed by atoms with E-state index in [0.29, 0.717) is 23.6 Å². The van der Waals surface area contributed by atoms with E-state index < -0.39 is 11.6 Å². The number of pyridine rings is 1. The van der Waals surface area contributed by atoms with Crippen LogP contribution < -0.4 is 10.6 Å². The standard InChI is InChI=1S/C23H32N6O3/c1-13-15-11-24-21(30)18(15)19(14-10-25-28(5)12-14)27-20(13)26-16-8-6-7-9-17(16)29(22(31)32)23(2,3)4/h10,12,16-17H,6-9,11H2,1-5H3,(H,24,30)(H,26,27)(H,31,32). The largest absolute Gasteiger partial charge is 0.465 e. The van der Waals surface area contributed by atoms with Gasteiger partial charge in [-0.25, -0.2) is 9.78 Å². The minimum atomic E-state index is -0.902. The van der Waals surface area contributed by atoms with Crippen LogP contribution in [0.2, 0.25) is 0 Å². The van der Waals surface area contributed by atoms with Crippen LogP contribution in [0.4, 0.5) is 10.6 Å². The molecule has 1 saturated carbocycles. The number of amides is 2. The Kier molecular flexibility index (Phi) is 5.60. The Morgan fingerprint density at radius 1 is 1.31 bits per heavy atom. The third kappa shape index (κ3) is 3.91. The zero-order valence-corrected chi connectivity index (χ0v) is 19.4. The molecule has 2 atom stereocenters. The Bertz CT molecular complexity index is 1050. The summed E-state index contributed by atoms with van der Waals surface area (Å²) in [6, 6.07) is -0.215. The number of fused-ring (bicyclic) bond motifs is 1. The molecule has 172 valence electrons. The Labute approximate surface area is 188 Å². The van der Waals surface area contributed by atoms with Gasteiger partial charge >= 0.3 is 6.09 Å². The zero-order chi connectivity index (χ0) is 23.2. The highest BCUT2D eigenvalue weighted by atomic mass is 16.4. The summed E-state index contributed by atoms with van der Waals surface area (Å²) in [6.07, 6.45) is 6.36. The molecule has 9 heteroatoms. The van der Waals surface area contributed by atoms with Crippen molar-refractivity contribution in [3.8, 4) is 11.3 Å². The van der Waals surface area contributed by atoms with Gasteiger partial charge in [-0.15, -0.1) is 0 Å². The summed E-state index contributed by atoms with van der Waals surface area (Å²) in [5.41, 5.74) is 3.34. The van der Waals surface area contributed by atoms with Gasteiger partial charge in [-0.1, -0.05) is 12.8 Å². The van der Waals surface area contributed by atoms with Crippen LogP contribution in [-0.4, -0.2) is 54.4 Å². The van der Waals surface area contributed by atoms with Crippen LogP contribution in [-0.2, 0) is 13.6 Å². The molecule has 3 heterocycles. The normalized spacial score (nSPS) is 20.6. The van der Waals surface area contributed by atoms with Crippen LogP contribution in [0.25, 0.3) is 11.3 Å². The van der Waals surface area contributed by atoms with E-state index in [0.717, 1.165) is 42.4 Å². The molecule has 2 aromatic heterocycles. The first-order valence-corrected chi connectivity index (χ1v) is 11.2. The van der Waals surface area contributed by atoms with E-state index in [1.165, 1.54) is 0 Å². The van der Waals surface area contributed by atoms with Gasteiger partial charge in [-0.05, 0) is 51.7 Å². The van der Waals surface area contributed by atoms with Gasteiger partial charge in [-0.2, -0.15) is 5.10 Å². The van der Waals surface area contributed by atoms with E-state index >= 15 is 0 Å². The maximum absolute atomic E-state index is 12.6. The minimum Gasteiger partial charge on any atom is -0.465 e. The molecule has 32 heavy (non-hydrogen) atoms. The Morgan fingerprint density at radius 2 is 2.03 bits per heavy atom. The first-order chi connectivity index (χ1) is 15.1. The molecule has 0 bridgehead atoms. The smallest absolute Gasteiger partial charge is 0.408 e. The number of anilines is 1. The van der Waals surface area contributed by atoms with Gasteiger partial charge in [0.1, 0.15) is 5.82 Å². The van der Waals surface area contributed by atoms with Crippen molar-refractivity contribution in [2.24, 2.45) is 7.05 Å². The predicted molar refractivity (Wildman–Crippen MR) is 122 cm³/mol. The quantitative estimate of drug-likeness (QED) is 0.670. The molecule has 0 aromatic carbocycles. The number of nitrogens with zero attached hydrogens (tertiary/aromatic N) is 4. The molecular weight excluding hydrogens is 408 g/mol. The summed E-state index contributed by atoms with van der Waals surface area (Å²) in [5.74, 6) is 0.580. The van der Waals surface area contributed by atoms with Crippen LogP contribution >= 0.6 is 0 Å². The maximum Gasteiger partial charge on any atom is 0.408 e. The van der Waals surface area contributed by atoms with Crippen molar-refractivity contribution in [2.75, 3.05) is 5.32 Å². The monoisotopic (exact) mass is 440 g/mol. The van der Waals surface area contributed by atoms with Gasteiger partial charge in [0.05, 0.1) is 23.5 Å². The maximum atomic E-state index is 12.6. The van der Waals surface area contributed by atoms with Crippen molar-refractivity contribution in [3.05, 3.63) is 29.1 Å². The third-order valence-corrected chi connectivity index (χ3v) is 6.51. The SMILES string of the molecule is Cc1c(NC2CCCCC2N(C(=O)O)C(C)(C)C)nc(-c2cnn(C)c2)c2c1CNC2=O. The molecule has 1 fully saturated rings. The van der Waals surface area contributed by atoms with Crippen molar-refractivity contribution >= 4 is 17.8 Å². The van der Waals surface area contributed by atoms with E-state index in [1.807, 2.05) is 40.9 Å². The summed E-state index contributed by atoms with van der Waals surface area (Å²) < 4.78 is 1.69. The van der Waals surface area contributed by atoms with Gasteiger partial charge in [0.15, 0.2) is 0 Å². The highest BCUT2D eigenvalue weighted by molar-refractivity contribution is 6.04. The molecule has 2 amide bonds. The van der Waals surface area contributed by atoms with Crippen LogP contribution in [0.5, 0.6) is 0 Å². The van der Waals surface area contributed by atoms with Crippen LogP contribution in [0.3, 0.4) is 0 Å². The van der Waals surface area contributed by atoms with Crippen LogP contribution in [0, 0.1) is 6.92 Å². The number of carbonyl (C=O) groups is 2. The zero-order valence-electron chi connectivity index (χ0n) is 19.4. The van der Waals surface area contributed by atoms with Crippen molar-refractivity contribution < 1.29 is 14.7 Å². The second-order valence-electron chi connectivity index (χ2n) is 9.80. The second-order valence-corrected chi connectivity index (χ2v) is 9.80. The Balaban J connectivity index is 1.75. The lowest BCUT2D eigenvalue weighted by molar-refractivity contribution is 0.0520. The first-order valence-electron chi connectivity index (χ1n) is 11.2. The molecule has 2 aliphatic rings. The highest BCUT2D eigenvalue weighted by Crippen LogP contribution is 2.35. The van der Waals surface area contributed by atoms with Gasteiger partial charge in [0.25, 0.3) is 5.91 Å². The minimum absolute atomic E-state index is 0.0601. The predicted octanol–water partition coefficient (Wildman–Crippen LogP) is 3.54. The van der Waals surface area contributed by atoms with Gasteiger partial charge < -0.3 is 15.7 Å². The van der Waals surface area contributed by atoms with E-state index in [-0.39, 0.29) is 18.0 Å². The number of carbonyl (C=O) groups excluding carboxylic acids is 1. The highest BCUT2D eigenvalue weighted by Gasteiger charge is 2.39. The molecule has 0 saturated heterocycles. The summed E-state index contributed by atoms with van der Waals surface area (Å²) in [5, 5.41) is 20.7. The Hall–Kier alpha value is -3.10. The second kappa shape index (κ2) is 8.11. The van der Waals surface area contributed by atoms with E-state index in [1.54, 1.807) is 15.8 Å². The molecule has 0 radical (unpaired) electrons. The number of hydrogen-bond donors (Lipinski definition) is 3. The lowest BCUT2D eigenvalue weighted by Gasteiger charge is -2.45. The summed E-state index contributed by atoms with van der Waals surface area (Å²) in [4.78, 5) is 31.2. The topological polar surface area (TPSA) is 112 Å². The van der Waals surface area contributed by atoms with Crippen LogP contribution in [0.1, 0.15) is 67.9 Å². The number of carboxylic acid groups (broad SMARTS) is 1. The average molecular weight is 441 g/mol. The molecule has 3 N–H and O–H groups in total. The molecule has 4 rings (SSSR count). The van der Waals surface area contributed by atoms with Crippen molar-refractivity contribution in [3.63, 3.8) is 0 Å². The average Bonchev–Trinajstić information content (AvgIpc) is 3.30. The van der Waals surface area contributed by atoms with Crippen LogP contribution in [0.15, 0.2) is 12.4 Å². The molecule has 1 aliphatic carbocycles. The summed E-state index contributed by atoms with van der Waals surface area (Å²) >= 11 is 0. The number of aromatic nitrogens is 3. The van der Waals surface area contributed by atoms with Gasteiger partial charge in [0.2, 0.25) is 0 Å². The fourth-order valence-corrected chi connectivity index (χ4v) is 5.03. The molecular formula is C23H32N6O3. The lowest BCUT2D eigenvalue weighted by Crippen LogP contribution is -2.58. The molecule has 2 aromatic rings. The molecule has 9 nitrogen and oxygen atoms in total.